The summed E-state index contributed by atoms with van der Waals surface area (Å²) in [6.07, 6.45) is 1.12. The summed E-state index contributed by atoms with van der Waals surface area (Å²) in [5, 5.41) is 10.0. The first-order valence-corrected chi connectivity index (χ1v) is 5.98. The number of aliphatic hydroxyl groups is 1. The lowest BCUT2D eigenvalue weighted by Gasteiger charge is -2.34. The molecule has 0 radical (unpaired) electrons. The highest BCUT2D eigenvalue weighted by Crippen LogP contribution is 2.19. The van der Waals surface area contributed by atoms with Crippen LogP contribution in [0.3, 0.4) is 0 Å². The average molecular weight is 231 g/mol. The van der Waals surface area contributed by atoms with Crippen LogP contribution in [0.2, 0.25) is 0 Å². The van der Waals surface area contributed by atoms with Gasteiger partial charge in [0.15, 0.2) is 0 Å². The van der Waals surface area contributed by atoms with Crippen molar-refractivity contribution in [3.05, 3.63) is 0 Å². The minimum absolute atomic E-state index is 0.0496. The van der Waals surface area contributed by atoms with Crippen molar-refractivity contribution in [1.82, 2.24) is 4.90 Å². The molecule has 4 heteroatoms. The van der Waals surface area contributed by atoms with Crippen molar-refractivity contribution >= 4 is 0 Å². The Bertz CT molecular complexity index is 208. The number of methoxy groups -OCH3 is 1. The van der Waals surface area contributed by atoms with E-state index in [4.69, 9.17) is 9.47 Å². The van der Waals surface area contributed by atoms with Gasteiger partial charge in [0.1, 0.15) is 0 Å². The van der Waals surface area contributed by atoms with E-state index in [0.29, 0.717) is 6.61 Å². The fourth-order valence-electron chi connectivity index (χ4n) is 1.83. The molecule has 0 aliphatic carbocycles. The molecule has 1 saturated heterocycles. The molecule has 4 nitrogen and oxygen atoms in total. The predicted molar refractivity (Wildman–Crippen MR) is 63.6 cm³/mol. The number of morpholine rings is 1. The van der Waals surface area contributed by atoms with Crippen LogP contribution in [0.4, 0.5) is 0 Å². The molecule has 96 valence electrons. The standard InChI is InChI=1S/C12H25NO3/c1-12(2,15-4)6-5-10(14)11-9-13(3)7-8-16-11/h10-11,14H,5-9H2,1-4H3. The van der Waals surface area contributed by atoms with Crippen LogP contribution in [0, 0.1) is 0 Å². The first-order valence-electron chi connectivity index (χ1n) is 5.98. The molecule has 0 bridgehead atoms. The van der Waals surface area contributed by atoms with E-state index in [-0.39, 0.29) is 11.7 Å². The lowest BCUT2D eigenvalue weighted by atomic mass is 9.97. The first kappa shape index (κ1) is 13.9. The molecule has 2 unspecified atom stereocenters. The van der Waals surface area contributed by atoms with Crippen molar-refractivity contribution in [3.63, 3.8) is 0 Å². The number of likely N-dealkylation sites (N-methyl/N-ethyl adjacent to an activating group) is 1. The largest absolute Gasteiger partial charge is 0.390 e. The highest BCUT2D eigenvalue weighted by molar-refractivity contribution is 4.79. The number of aliphatic hydroxyl groups excluding tert-OH is 1. The van der Waals surface area contributed by atoms with Crippen molar-refractivity contribution in [2.45, 2.75) is 44.5 Å². The summed E-state index contributed by atoms with van der Waals surface area (Å²) in [4.78, 5) is 2.19. The van der Waals surface area contributed by atoms with Gasteiger partial charge in [-0.1, -0.05) is 0 Å². The minimum Gasteiger partial charge on any atom is -0.390 e. The summed E-state index contributed by atoms with van der Waals surface area (Å²) < 4.78 is 10.9. The van der Waals surface area contributed by atoms with Gasteiger partial charge in [0.05, 0.1) is 24.4 Å². The van der Waals surface area contributed by atoms with E-state index in [2.05, 4.69) is 11.9 Å². The molecule has 1 aliphatic heterocycles. The fraction of sp³-hybridized carbons (Fsp3) is 1.00. The minimum atomic E-state index is -0.392. The van der Waals surface area contributed by atoms with E-state index in [0.717, 1.165) is 25.9 Å². The number of rotatable bonds is 5. The molecule has 0 aromatic heterocycles. The lowest BCUT2D eigenvalue weighted by Crippen LogP contribution is -2.46. The van der Waals surface area contributed by atoms with Crippen molar-refractivity contribution in [3.8, 4) is 0 Å². The molecule has 1 fully saturated rings. The molecule has 2 atom stereocenters. The van der Waals surface area contributed by atoms with Crippen molar-refractivity contribution in [1.29, 1.82) is 0 Å². The van der Waals surface area contributed by atoms with Crippen molar-refractivity contribution in [2.75, 3.05) is 33.9 Å². The zero-order chi connectivity index (χ0) is 12.2. The Labute approximate surface area is 98.5 Å². The summed E-state index contributed by atoms with van der Waals surface area (Å²) in [6, 6.07) is 0. The molecular weight excluding hydrogens is 206 g/mol. The van der Waals surface area contributed by atoms with Gasteiger partial charge in [0.25, 0.3) is 0 Å². The molecule has 0 spiro atoms. The van der Waals surface area contributed by atoms with Gasteiger partial charge in [-0.25, -0.2) is 0 Å². The molecule has 0 aromatic carbocycles. The summed E-state index contributed by atoms with van der Waals surface area (Å²) >= 11 is 0. The highest BCUT2D eigenvalue weighted by Gasteiger charge is 2.27. The van der Waals surface area contributed by atoms with Gasteiger partial charge in [0.2, 0.25) is 0 Å². The molecule has 1 N–H and O–H groups in total. The third-order valence-corrected chi connectivity index (χ3v) is 3.32. The van der Waals surface area contributed by atoms with E-state index in [1.807, 2.05) is 13.8 Å². The molecule has 1 aliphatic rings. The second-order valence-electron chi connectivity index (χ2n) is 5.24. The van der Waals surface area contributed by atoms with Crippen molar-refractivity contribution < 1.29 is 14.6 Å². The first-order chi connectivity index (χ1) is 7.44. The van der Waals surface area contributed by atoms with Crippen LogP contribution in [0.25, 0.3) is 0 Å². The normalized spacial score (nSPS) is 25.7. The second-order valence-corrected chi connectivity index (χ2v) is 5.24. The predicted octanol–water partition coefficient (Wildman–Crippen LogP) is 0.883. The van der Waals surface area contributed by atoms with Gasteiger partial charge in [-0.2, -0.15) is 0 Å². The highest BCUT2D eigenvalue weighted by atomic mass is 16.5. The van der Waals surface area contributed by atoms with Gasteiger partial charge in [-0.15, -0.1) is 0 Å². The summed E-state index contributed by atoms with van der Waals surface area (Å²) in [7, 11) is 3.76. The van der Waals surface area contributed by atoms with E-state index < -0.39 is 6.10 Å². The van der Waals surface area contributed by atoms with E-state index in [9.17, 15) is 5.11 Å². The van der Waals surface area contributed by atoms with Crippen LogP contribution >= 0.6 is 0 Å². The molecule has 16 heavy (non-hydrogen) atoms. The van der Waals surface area contributed by atoms with E-state index in [1.54, 1.807) is 7.11 Å². The van der Waals surface area contributed by atoms with E-state index in [1.165, 1.54) is 0 Å². The molecule has 1 heterocycles. The Kier molecular flexibility index (Phi) is 5.18. The molecule has 0 aromatic rings. The monoisotopic (exact) mass is 231 g/mol. The van der Waals surface area contributed by atoms with Gasteiger partial charge in [-0.05, 0) is 33.7 Å². The zero-order valence-corrected chi connectivity index (χ0v) is 10.9. The van der Waals surface area contributed by atoms with Crippen LogP contribution in [-0.4, -0.2) is 61.7 Å². The Morgan fingerprint density at radius 2 is 2.25 bits per heavy atom. The maximum Gasteiger partial charge on any atom is 0.0960 e. The quantitative estimate of drug-likeness (QED) is 0.763. The van der Waals surface area contributed by atoms with Crippen LogP contribution < -0.4 is 0 Å². The second kappa shape index (κ2) is 5.96. The molecule has 0 saturated carbocycles. The smallest absolute Gasteiger partial charge is 0.0960 e. The Morgan fingerprint density at radius 3 is 2.81 bits per heavy atom. The van der Waals surface area contributed by atoms with Crippen molar-refractivity contribution in [2.24, 2.45) is 0 Å². The van der Waals surface area contributed by atoms with Gasteiger partial charge >= 0.3 is 0 Å². The maximum atomic E-state index is 10.0. The van der Waals surface area contributed by atoms with Crippen LogP contribution in [-0.2, 0) is 9.47 Å². The topological polar surface area (TPSA) is 41.9 Å². The molecular formula is C12H25NO3. The number of nitrogens with zero attached hydrogens (tertiary/aromatic N) is 1. The Morgan fingerprint density at radius 1 is 1.56 bits per heavy atom. The number of hydrogen-bond acceptors (Lipinski definition) is 4. The SMILES string of the molecule is COC(C)(C)CCC(O)C1CN(C)CCO1. The van der Waals surface area contributed by atoms with Gasteiger partial charge < -0.3 is 19.5 Å². The zero-order valence-electron chi connectivity index (χ0n) is 10.9. The lowest BCUT2D eigenvalue weighted by molar-refractivity contribution is -0.0918. The molecule has 1 rings (SSSR count). The third kappa shape index (κ3) is 4.37. The van der Waals surface area contributed by atoms with Crippen LogP contribution in [0.1, 0.15) is 26.7 Å². The maximum absolute atomic E-state index is 10.0. The van der Waals surface area contributed by atoms with Crippen LogP contribution in [0.5, 0.6) is 0 Å². The fourth-order valence-corrected chi connectivity index (χ4v) is 1.83. The third-order valence-electron chi connectivity index (χ3n) is 3.32. The summed E-state index contributed by atoms with van der Waals surface area (Å²) in [5.74, 6) is 0. The van der Waals surface area contributed by atoms with E-state index >= 15 is 0 Å². The van der Waals surface area contributed by atoms with Gasteiger partial charge in [-0.3, -0.25) is 0 Å². The van der Waals surface area contributed by atoms with Crippen LogP contribution in [0.15, 0.2) is 0 Å². The summed E-state index contributed by atoms with van der Waals surface area (Å²) in [5.41, 5.74) is -0.165. The Balaban J connectivity index is 2.31. The number of hydrogen-bond donors (Lipinski definition) is 1. The number of ether oxygens (including phenoxy) is 2. The molecule has 0 amide bonds. The average Bonchev–Trinajstić information content (AvgIpc) is 2.26. The summed E-state index contributed by atoms with van der Waals surface area (Å²) in [6.45, 7) is 6.55. The Hall–Kier alpha value is -0.160. The van der Waals surface area contributed by atoms with Gasteiger partial charge in [0, 0.05) is 20.2 Å².